The largest absolute Gasteiger partial charge is 0.449 e. The Balaban J connectivity index is 2.19. The summed E-state index contributed by atoms with van der Waals surface area (Å²) in [5.74, 6) is -1.03. The van der Waals surface area contributed by atoms with Crippen molar-refractivity contribution in [2.45, 2.75) is 52.5 Å². The molecule has 0 saturated heterocycles. The standard InChI is InChI=1S/C24H24F6N2O3/c1-5-18-12-31(19-7-13(3)14(4)8-20(19)32(18)22(34)35-6-2)21(33)15-9-16(23(25,26)27)11-17(10-15)24(28,29)30/h7-11,18H,5-6,12H2,1-4H3/t18-/m1/s1. The van der Waals surface area contributed by atoms with Crippen molar-refractivity contribution in [2.75, 3.05) is 23.0 Å². The molecule has 0 N–H and O–H groups in total. The maximum Gasteiger partial charge on any atom is 0.416 e. The van der Waals surface area contributed by atoms with Gasteiger partial charge in [-0.25, -0.2) is 4.79 Å². The number of aryl methyl sites for hydroxylation is 2. The van der Waals surface area contributed by atoms with Gasteiger partial charge in [0, 0.05) is 12.1 Å². The molecule has 0 aliphatic carbocycles. The molecule has 2 aromatic carbocycles. The maximum atomic E-state index is 13.4. The Morgan fingerprint density at radius 2 is 1.40 bits per heavy atom. The number of ether oxygens (including phenoxy) is 1. The van der Waals surface area contributed by atoms with Gasteiger partial charge in [-0.1, -0.05) is 6.92 Å². The normalized spacial score (nSPS) is 16.2. The number of amides is 2. The van der Waals surface area contributed by atoms with Crippen LogP contribution in [0.5, 0.6) is 0 Å². The Bertz CT molecular complexity index is 1110. The number of carbonyl (C=O) groups is 2. The molecule has 1 heterocycles. The molecule has 1 atom stereocenters. The van der Waals surface area contributed by atoms with Gasteiger partial charge in [0.05, 0.1) is 35.2 Å². The number of fused-ring (bicyclic) bond motifs is 1. The van der Waals surface area contributed by atoms with Crippen molar-refractivity contribution in [3.05, 3.63) is 58.1 Å². The molecule has 11 heteroatoms. The summed E-state index contributed by atoms with van der Waals surface area (Å²) in [6, 6.07) is 3.43. The minimum absolute atomic E-state index is 0.0220. The molecule has 3 rings (SSSR count). The van der Waals surface area contributed by atoms with E-state index in [4.69, 9.17) is 4.74 Å². The van der Waals surface area contributed by atoms with Crippen LogP contribution in [0.25, 0.3) is 0 Å². The van der Waals surface area contributed by atoms with Crippen molar-refractivity contribution < 1.29 is 40.7 Å². The van der Waals surface area contributed by atoms with E-state index < -0.39 is 47.1 Å². The lowest BCUT2D eigenvalue weighted by molar-refractivity contribution is -0.143. The fraction of sp³-hybridized carbons (Fsp3) is 0.417. The summed E-state index contributed by atoms with van der Waals surface area (Å²) in [7, 11) is 0. The Hall–Kier alpha value is -3.24. The summed E-state index contributed by atoms with van der Waals surface area (Å²) < 4.78 is 85.3. The molecule has 0 spiro atoms. The van der Waals surface area contributed by atoms with Gasteiger partial charge in [-0.3, -0.25) is 9.69 Å². The highest BCUT2D eigenvalue weighted by molar-refractivity contribution is 6.10. The van der Waals surface area contributed by atoms with E-state index in [9.17, 15) is 35.9 Å². The van der Waals surface area contributed by atoms with Crippen LogP contribution in [0.1, 0.15) is 52.9 Å². The van der Waals surface area contributed by atoms with E-state index in [0.29, 0.717) is 24.2 Å². The van der Waals surface area contributed by atoms with E-state index in [1.54, 1.807) is 39.8 Å². The van der Waals surface area contributed by atoms with Crippen LogP contribution in [0.2, 0.25) is 0 Å². The van der Waals surface area contributed by atoms with Crippen LogP contribution in [-0.2, 0) is 17.1 Å². The molecule has 35 heavy (non-hydrogen) atoms. The van der Waals surface area contributed by atoms with Gasteiger partial charge in [-0.05, 0) is 68.7 Å². The highest BCUT2D eigenvalue weighted by Crippen LogP contribution is 2.41. The molecule has 0 radical (unpaired) electrons. The topological polar surface area (TPSA) is 49.9 Å². The van der Waals surface area contributed by atoms with E-state index in [1.165, 1.54) is 4.90 Å². The summed E-state index contributed by atoms with van der Waals surface area (Å²) in [6.45, 7) is 6.86. The van der Waals surface area contributed by atoms with Gasteiger partial charge < -0.3 is 9.64 Å². The number of hydrogen-bond donors (Lipinski definition) is 0. The van der Waals surface area contributed by atoms with Crippen molar-refractivity contribution >= 4 is 23.4 Å². The van der Waals surface area contributed by atoms with E-state index in [-0.39, 0.29) is 24.9 Å². The summed E-state index contributed by atoms with van der Waals surface area (Å²) in [5, 5.41) is 0. The van der Waals surface area contributed by atoms with Gasteiger partial charge in [0.25, 0.3) is 5.91 Å². The molecule has 2 amide bonds. The van der Waals surface area contributed by atoms with Crippen molar-refractivity contribution in [1.82, 2.24) is 0 Å². The average Bonchev–Trinajstić information content (AvgIpc) is 2.77. The zero-order valence-electron chi connectivity index (χ0n) is 19.5. The summed E-state index contributed by atoms with van der Waals surface area (Å²) in [5.41, 5.74) is -1.92. The smallest absolute Gasteiger partial charge is 0.416 e. The number of carbonyl (C=O) groups excluding carboxylic acids is 2. The summed E-state index contributed by atoms with van der Waals surface area (Å²) in [4.78, 5) is 28.7. The molecule has 0 bridgehead atoms. The number of anilines is 2. The zero-order chi connectivity index (χ0) is 26.3. The van der Waals surface area contributed by atoms with Gasteiger partial charge >= 0.3 is 18.4 Å². The van der Waals surface area contributed by atoms with Crippen LogP contribution in [-0.4, -0.2) is 31.2 Å². The third-order valence-corrected chi connectivity index (χ3v) is 5.92. The minimum Gasteiger partial charge on any atom is -0.449 e. The minimum atomic E-state index is -5.09. The van der Waals surface area contributed by atoms with Crippen LogP contribution in [0.3, 0.4) is 0 Å². The van der Waals surface area contributed by atoms with Gasteiger partial charge in [0.15, 0.2) is 0 Å². The monoisotopic (exact) mass is 502 g/mol. The molecular formula is C24H24F6N2O3. The van der Waals surface area contributed by atoms with Crippen LogP contribution in [0.15, 0.2) is 30.3 Å². The van der Waals surface area contributed by atoms with Gasteiger partial charge in [0.2, 0.25) is 0 Å². The predicted octanol–water partition coefficient (Wildman–Crippen LogP) is 6.74. The number of benzene rings is 2. The van der Waals surface area contributed by atoms with E-state index >= 15 is 0 Å². The first-order chi connectivity index (χ1) is 16.2. The second kappa shape index (κ2) is 9.43. The summed E-state index contributed by atoms with van der Waals surface area (Å²) in [6.07, 6.45) is -10.5. The second-order valence-electron chi connectivity index (χ2n) is 8.27. The SMILES string of the molecule is CCOC(=O)N1c2cc(C)c(C)cc2N(C(=O)c2cc(C(F)(F)F)cc(C(F)(F)F)c2)C[C@H]1CC. The van der Waals surface area contributed by atoms with E-state index in [1.807, 2.05) is 0 Å². The molecule has 0 fully saturated rings. The number of alkyl halides is 6. The number of halogens is 6. The van der Waals surface area contributed by atoms with E-state index in [0.717, 1.165) is 16.0 Å². The Kier molecular flexibility index (Phi) is 7.10. The molecular weight excluding hydrogens is 478 g/mol. The molecule has 0 unspecified atom stereocenters. The Morgan fingerprint density at radius 1 is 0.886 bits per heavy atom. The molecule has 5 nitrogen and oxygen atoms in total. The van der Waals surface area contributed by atoms with Crippen LogP contribution < -0.4 is 9.80 Å². The Morgan fingerprint density at radius 3 is 1.86 bits per heavy atom. The van der Waals surface area contributed by atoms with Crippen LogP contribution in [0, 0.1) is 13.8 Å². The van der Waals surface area contributed by atoms with Gasteiger partial charge in [-0.2, -0.15) is 26.3 Å². The lowest BCUT2D eigenvalue weighted by atomic mass is 9.98. The van der Waals surface area contributed by atoms with Gasteiger partial charge in [0.1, 0.15) is 0 Å². The van der Waals surface area contributed by atoms with Crippen molar-refractivity contribution in [1.29, 1.82) is 0 Å². The highest BCUT2D eigenvalue weighted by Gasteiger charge is 2.41. The number of rotatable bonds is 3. The van der Waals surface area contributed by atoms with Crippen molar-refractivity contribution in [3.8, 4) is 0 Å². The quantitative estimate of drug-likeness (QED) is 0.437. The third-order valence-electron chi connectivity index (χ3n) is 5.92. The molecule has 2 aromatic rings. The van der Waals surface area contributed by atoms with Crippen LogP contribution in [0.4, 0.5) is 42.5 Å². The average molecular weight is 502 g/mol. The third kappa shape index (κ3) is 5.23. The molecule has 190 valence electrons. The first-order valence-corrected chi connectivity index (χ1v) is 10.9. The first-order valence-electron chi connectivity index (χ1n) is 10.9. The lowest BCUT2D eigenvalue weighted by Crippen LogP contribution is -2.53. The number of hydrogen-bond acceptors (Lipinski definition) is 3. The maximum absolute atomic E-state index is 13.4. The first kappa shape index (κ1) is 26.4. The molecule has 0 saturated carbocycles. The highest BCUT2D eigenvalue weighted by atomic mass is 19.4. The second-order valence-corrected chi connectivity index (χ2v) is 8.27. The fourth-order valence-electron chi connectivity index (χ4n) is 3.96. The van der Waals surface area contributed by atoms with Crippen LogP contribution >= 0.6 is 0 Å². The number of nitrogens with zero attached hydrogens (tertiary/aromatic N) is 2. The summed E-state index contributed by atoms with van der Waals surface area (Å²) >= 11 is 0. The lowest BCUT2D eigenvalue weighted by Gasteiger charge is -2.42. The molecule has 1 aliphatic rings. The molecule has 0 aromatic heterocycles. The van der Waals surface area contributed by atoms with Crippen molar-refractivity contribution in [3.63, 3.8) is 0 Å². The predicted molar refractivity (Wildman–Crippen MR) is 118 cm³/mol. The van der Waals surface area contributed by atoms with Gasteiger partial charge in [-0.15, -0.1) is 0 Å². The Labute approximate surface area is 198 Å². The zero-order valence-corrected chi connectivity index (χ0v) is 19.5. The van der Waals surface area contributed by atoms with Crippen molar-refractivity contribution in [2.24, 2.45) is 0 Å². The van der Waals surface area contributed by atoms with E-state index in [2.05, 4.69) is 0 Å². The molecule has 1 aliphatic heterocycles. The fourth-order valence-corrected chi connectivity index (χ4v) is 3.96.